The monoisotopic (exact) mass is 667 g/mol. The minimum Gasteiger partial charge on any atom is -0.208 e. The molecule has 0 spiro atoms. The molecule has 3 nitrogen and oxygen atoms in total. The molecule has 0 N–H and O–H groups in total. The molecule has 2 heterocycles. The van der Waals surface area contributed by atoms with Crippen molar-refractivity contribution in [1.82, 2.24) is 15.0 Å². The summed E-state index contributed by atoms with van der Waals surface area (Å²) in [6.45, 7) is 0. The Morgan fingerprint density at radius 1 is 0.314 bits per heavy atom. The maximum Gasteiger partial charge on any atom is 0.165 e. The van der Waals surface area contributed by atoms with Crippen LogP contribution in [0.2, 0.25) is 0 Å². The molecule has 0 aliphatic carbocycles. The fourth-order valence-electron chi connectivity index (χ4n) is 7.08. The Morgan fingerprint density at radius 3 is 1.63 bits per heavy atom. The molecule has 8 aromatic carbocycles. The van der Waals surface area contributed by atoms with Gasteiger partial charge >= 0.3 is 0 Å². The van der Waals surface area contributed by atoms with Crippen LogP contribution in [0.5, 0.6) is 0 Å². The first kappa shape index (κ1) is 29.4. The molecule has 0 atom stereocenters. The van der Waals surface area contributed by atoms with Crippen LogP contribution in [0.25, 0.3) is 98.1 Å². The summed E-state index contributed by atoms with van der Waals surface area (Å²) in [7, 11) is 0. The Kier molecular flexibility index (Phi) is 7.00. The third-order valence-electron chi connectivity index (χ3n) is 9.69. The lowest BCUT2D eigenvalue weighted by Gasteiger charge is -2.11. The zero-order valence-electron chi connectivity index (χ0n) is 27.5. The second-order valence-electron chi connectivity index (χ2n) is 12.9. The van der Waals surface area contributed by atoms with Gasteiger partial charge in [0.2, 0.25) is 0 Å². The highest BCUT2D eigenvalue weighted by Crippen LogP contribution is 2.40. The Balaban J connectivity index is 1.12. The zero-order chi connectivity index (χ0) is 33.7. The average molecular weight is 668 g/mol. The predicted molar refractivity (Wildman–Crippen MR) is 215 cm³/mol. The predicted octanol–water partition coefficient (Wildman–Crippen LogP) is 12.9. The Morgan fingerprint density at radius 2 is 0.824 bits per heavy atom. The van der Waals surface area contributed by atoms with Gasteiger partial charge in [0, 0.05) is 36.9 Å². The van der Waals surface area contributed by atoms with E-state index in [4.69, 9.17) is 15.0 Å². The Hall–Kier alpha value is -6.49. The number of rotatable bonds is 5. The molecule has 10 rings (SSSR count). The van der Waals surface area contributed by atoms with Crippen LogP contribution in [-0.4, -0.2) is 15.0 Å². The summed E-state index contributed by atoms with van der Waals surface area (Å²) in [5.74, 6) is 1.97. The maximum atomic E-state index is 5.19. The number of hydrogen-bond acceptors (Lipinski definition) is 4. The Labute approximate surface area is 299 Å². The molecule has 0 aliphatic heterocycles. The molecule has 0 unspecified atom stereocenters. The summed E-state index contributed by atoms with van der Waals surface area (Å²) in [5, 5.41) is 7.27. The van der Waals surface area contributed by atoms with Gasteiger partial charge in [0.1, 0.15) is 0 Å². The number of nitrogens with zero attached hydrogens (tertiary/aromatic N) is 3. The van der Waals surface area contributed by atoms with Crippen molar-refractivity contribution in [2.45, 2.75) is 0 Å². The highest BCUT2D eigenvalue weighted by Gasteiger charge is 2.17. The van der Waals surface area contributed by atoms with Crippen LogP contribution in [0.4, 0.5) is 0 Å². The maximum absolute atomic E-state index is 5.19. The van der Waals surface area contributed by atoms with Crippen LogP contribution in [0, 0.1) is 0 Å². The second kappa shape index (κ2) is 12.1. The second-order valence-corrected chi connectivity index (χ2v) is 13.9. The first-order chi connectivity index (χ1) is 25.2. The summed E-state index contributed by atoms with van der Waals surface area (Å²) < 4.78 is 2.43. The van der Waals surface area contributed by atoms with Gasteiger partial charge in [-0.05, 0) is 80.2 Å². The van der Waals surface area contributed by atoms with Gasteiger partial charge in [0.25, 0.3) is 0 Å². The standard InChI is InChI=1S/C47H29N3S/c1-2-10-30(11-3-1)33-14-8-15-38(28-33)45-48-46(50-47(49-45)42-18-9-17-41-40-16-6-7-19-43(40)51-44(41)42)39-25-24-36-27-35(22-23-37(36)29-39)34-21-20-31-12-4-5-13-32(31)26-34/h1-29H. The number of aromatic nitrogens is 3. The molecule has 0 radical (unpaired) electrons. The molecule has 0 saturated heterocycles. The number of benzene rings is 8. The number of thiophene rings is 1. The average Bonchev–Trinajstić information content (AvgIpc) is 3.59. The quantitative estimate of drug-likeness (QED) is 0.183. The van der Waals surface area contributed by atoms with Gasteiger partial charge in [-0.1, -0.05) is 140 Å². The van der Waals surface area contributed by atoms with E-state index in [2.05, 4.69) is 170 Å². The molecule has 0 fully saturated rings. The normalized spacial score (nSPS) is 11.5. The third kappa shape index (κ3) is 5.34. The fraction of sp³-hybridized carbons (Fsp3) is 0. The van der Waals surface area contributed by atoms with E-state index in [1.54, 1.807) is 11.3 Å². The van der Waals surface area contributed by atoms with Crippen molar-refractivity contribution >= 4 is 53.1 Å². The zero-order valence-corrected chi connectivity index (χ0v) is 28.3. The SMILES string of the molecule is c1ccc(-c2cccc(-c3nc(-c4ccc5cc(-c6ccc7ccccc7c6)ccc5c4)nc(-c4cccc5c4sc4ccccc45)n3)c2)cc1. The highest BCUT2D eigenvalue weighted by atomic mass is 32.1. The van der Waals surface area contributed by atoms with Crippen molar-refractivity contribution in [3.05, 3.63) is 176 Å². The van der Waals surface area contributed by atoms with E-state index >= 15 is 0 Å². The smallest absolute Gasteiger partial charge is 0.165 e. The van der Waals surface area contributed by atoms with E-state index < -0.39 is 0 Å². The minimum atomic E-state index is 0.651. The lowest BCUT2D eigenvalue weighted by molar-refractivity contribution is 1.08. The summed E-state index contributed by atoms with van der Waals surface area (Å²) in [6.07, 6.45) is 0. The van der Waals surface area contributed by atoms with Crippen LogP contribution >= 0.6 is 11.3 Å². The highest BCUT2D eigenvalue weighted by molar-refractivity contribution is 7.26. The third-order valence-corrected chi connectivity index (χ3v) is 10.9. The van der Waals surface area contributed by atoms with Crippen LogP contribution in [0.1, 0.15) is 0 Å². The molecule has 10 aromatic rings. The van der Waals surface area contributed by atoms with Crippen molar-refractivity contribution in [3.63, 3.8) is 0 Å². The van der Waals surface area contributed by atoms with Crippen molar-refractivity contribution in [2.24, 2.45) is 0 Å². The molecule has 0 bridgehead atoms. The molecule has 2 aromatic heterocycles. The lowest BCUT2D eigenvalue weighted by Crippen LogP contribution is -2.00. The van der Waals surface area contributed by atoms with Crippen molar-refractivity contribution in [3.8, 4) is 56.4 Å². The molecule has 4 heteroatoms. The van der Waals surface area contributed by atoms with Gasteiger partial charge in [-0.2, -0.15) is 0 Å². The summed E-state index contributed by atoms with van der Waals surface area (Å²) in [6, 6.07) is 62.3. The fourth-order valence-corrected chi connectivity index (χ4v) is 8.29. The van der Waals surface area contributed by atoms with E-state index in [0.29, 0.717) is 17.5 Å². The largest absolute Gasteiger partial charge is 0.208 e. The van der Waals surface area contributed by atoms with Crippen molar-refractivity contribution in [1.29, 1.82) is 0 Å². The Bertz CT molecular complexity index is 2930. The van der Waals surface area contributed by atoms with Gasteiger partial charge < -0.3 is 0 Å². The number of fused-ring (bicyclic) bond motifs is 5. The topological polar surface area (TPSA) is 38.7 Å². The summed E-state index contributed by atoms with van der Waals surface area (Å²) in [4.78, 5) is 15.5. The van der Waals surface area contributed by atoms with Gasteiger partial charge in [-0.25, -0.2) is 15.0 Å². The molecule has 0 amide bonds. The molecular weight excluding hydrogens is 639 g/mol. The number of hydrogen-bond donors (Lipinski definition) is 0. The van der Waals surface area contributed by atoms with Crippen LogP contribution < -0.4 is 0 Å². The van der Waals surface area contributed by atoms with Crippen molar-refractivity contribution < 1.29 is 0 Å². The van der Waals surface area contributed by atoms with Gasteiger partial charge in [-0.3, -0.25) is 0 Å². The molecule has 0 saturated carbocycles. The van der Waals surface area contributed by atoms with Gasteiger partial charge in [0.15, 0.2) is 17.5 Å². The molecular formula is C47H29N3S. The first-order valence-corrected chi connectivity index (χ1v) is 17.9. The van der Waals surface area contributed by atoms with Crippen LogP contribution in [-0.2, 0) is 0 Å². The van der Waals surface area contributed by atoms with Crippen LogP contribution in [0.15, 0.2) is 176 Å². The molecule has 238 valence electrons. The minimum absolute atomic E-state index is 0.651. The van der Waals surface area contributed by atoms with Crippen molar-refractivity contribution in [2.75, 3.05) is 0 Å². The van der Waals surface area contributed by atoms with E-state index in [1.165, 1.54) is 47.5 Å². The lowest BCUT2D eigenvalue weighted by atomic mass is 9.98. The summed E-state index contributed by atoms with van der Waals surface area (Å²) >= 11 is 1.79. The van der Waals surface area contributed by atoms with E-state index in [-0.39, 0.29) is 0 Å². The van der Waals surface area contributed by atoms with Gasteiger partial charge in [0.05, 0.1) is 0 Å². The van der Waals surface area contributed by atoms with E-state index in [0.717, 1.165) is 33.2 Å². The summed E-state index contributed by atoms with van der Waals surface area (Å²) in [5.41, 5.74) is 7.59. The molecule has 51 heavy (non-hydrogen) atoms. The van der Waals surface area contributed by atoms with Crippen LogP contribution in [0.3, 0.4) is 0 Å². The van der Waals surface area contributed by atoms with Gasteiger partial charge in [-0.15, -0.1) is 11.3 Å². The van der Waals surface area contributed by atoms with E-state index in [9.17, 15) is 0 Å². The van der Waals surface area contributed by atoms with E-state index in [1.807, 2.05) is 6.07 Å². The molecule has 0 aliphatic rings. The first-order valence-electron chi connectivity index (χ1n) is 17.1.